The van der Waals surface area contributed by atoms with Crippen molar-refractivity contribution in [2.45, 2.75) is 6.42 Å². The second kappa shape index (κ2) is 2.38. The van der Waals surface area contributed by atoms with Crippen LogP contribution in [0.25, 0.3) is 0 Å². The van der Waals surface area contributed by atoms with Crippen molar-refractivity contribution in [1.29, 1.82) is 0 Å². The Bertz CT molecular complexity index is 291. The first-order chi connectivity index (χ1) is 5.38. The number of hydrogen-bond donors (Lipinski definition) is 0. The van der Waals surface area contributed by atoms with E-state index in [1.165, 1.54) is 0 Å². The molecule has 2 rings (SSSR count). The fourth-order valence-electron chi connectivity index (χ4n) is 1.11. The van der Waals surface area contributed by atoms with Gasteiger partial charge in [-0.25, -0.2) is 4.79 Å². The average molecular weight is 146 g/mol. The van der Waals surface area contributed by atoms with E-state index >= 15 is 0 Å². The molecular weight excluding hydrogens is 140 g/mol. The van der Waals surface area contributed by atoms with Crippen LogP contribution in [0.5, 0.6) is 0 Å². The van der Waals surface area contributed by atoms with Crippen molar-refractivity contribution in [2.24, 2.45) is 0 Å². The predicted molar refractivity (Wildman–Crippen MR) is 38.8 cm³/mol. The van der Waals surface area contributed by atoms with E-state index in [1.54, 1.807) is 6.07 Å². The van der Waals surface area contributed by atoms with E-state index in [0.717, 1.165) is 5.56 Å². The van der Waals surface area contributed by atoms with Crippen LogP contribution in [0.2, 0.25) is 0 Å². The third-order valence-electron chi connectivity index (χ3n) is 1.66. The Hall–Kier alpha value is -1.31. The standard InChI is InChI=1S/C9H6O2/c10-9-8-4-2-1-3-7(8)5-6-11-9/h1-4H,5H2. The number of carbonyl (C=O) groups excluding carboxylic acids is 1. The lowest BCUT2D eigenvalue weighted by molar-refractivity contribution is 0.0583. The van der Waals surface area contributed by atoms with Gasteiger partial charge in [-0.05, 0) is 11.6 Å². The van der Waals surface area contributed by atoms with Gasteiger partial charge in [0.15, 0.2) is 0 Å². The first-order valence-corrected chi connectivity index (χ1v) is 3.40. The molecule has 0 saturated carbocycles. The third kappa shape index (κ3) is 1.00. The van der Waals surface area contributed by atoms with Gasteiger partial charge in [0, 0.05) is 6.42 Å². The smallest absolute Gasteiger partial charge is 0.339 e. The largest absolute Gasteiger partial charge is 0.446 e. The van der Waals surface area contributed by atoms with Crippen molar-refractivity contribution in [3.05, 3.63) is 42.0 Å². The van der Waals surface area contributed by atoms with E-state index in [2.05, 4.69) is 11.3 Å². The molecule has 11 heavy (non-hydrogen) atoms. The van der Waals surface area contributed by atoms with Crippen LogP contribution in [0.4, 0.5) is 0 Å². The zero-order valence-corrected chi connectivity index (χ0v) is 5.83. The van der Waals surface area contributed by atoms with Crippen LogP contribution < -0.4 is 0 Å². The maximum atomic E-state index is 11.0. The minimum atomic E-state index is -0.299. The second-order valence-electron chi connectivity index (χ2n) is 2.37. The molecule has 1 heterocycles. The predicted octanol–water partition coefficient (Wildman–Crippen LogP) is 1.44. The molecule has 2 heteroatoms. The molecule has 0 fully saturated rings. The van der Waals surface area contributed by atoms with Crippen LogP contribution in [-0.4, -0.2) is 5.97 Å². The minimum absolute atomic E-state index is 0.299. The first kappa shape index (κ1) is 6.40. The fraction of sp³-hybridized carbons (Fsp3) is 0.111. The van der Waals surface area contributed by atoms with Crippen LogP contribution in [0.1, 0.15) is 15.9 Å². The average Bonchev–Trinajstić information content (AvgIpc) is 2.06. The number of hydrogen-bond acceptors (Lipinski definition) is 2. The molecule has 2 radical (unpaired) electrons. The topological polar surface area (TPSA) is 26.3 Å². The summed E-state index contributed by atoms with van der Waals surface area (Å²) in [6.07, 6.45) is 0.599. The molecule has 0 N–H and O–H groups in total. The van der Waals surface area contributed by atoms with Gasteiger partial charge in [-0.1, -0.05) is 18.2 Å². The highest BCUT2D eigenvalue weighted by Crippen LogP contribution is 2.17. The van der Waals surface area contributed by atoms with Crippen molar-refractivity contribution in [3.63, 3.8) is 0 Å². The molecule has 1 aliphatic heterocycles. The molecule has 54 valence electrons. The highest BCUT2D eigenvalue weighted by atomic mass is 16.5. The Morgan fingerprint density at radius 1 is 1.36 bits per heavy atom. The van der Waals surface area contributed by atoms with E-state index in [1.807, 2.05) is 18.2 Å². The van der Waals surface area contributed by atoms with Crippen LogP contribution in [0.15, 0.2) is 24.3 Å². The summed E-state index contributed by atoms with van der Waals surface area (Å²) in [4.78, 5) is 11.0. The molecular formula is C9H6O2. The van der Waals surface area contributed by atoms with Gasteiger partial charge in [-0.3, -0.25) is 0 Å². The molecule has 1 aliphatic rings. The zero-order chi connectivity index (χ0) is 7.68. The molecule has 0 bridgehead atoms. The van der Waals surface area contributed by atoms with E-state index in [4.69, 9.17) is 0 Å². The lowest BCUT2D eigenvalue weighted by Gasteiger charge is -2.12. The highest BCUT2D eigenvalue weighted by molar-refractivity contribution is 5.92. The van der Waals surface area contributed by atoms with Gasteiger partial charge in [0.2, 0.25) is 6.61 Å². The Kier molecular flexibility index (Phi) is 1.39. The van der Waals surface area contributed by atoms with Crippen LogP contribution >= 0.6 is 0 Å². The molecule has 0 atom stereocenters. The summed E-state index contributed by atoms with van der Waals surface area (Å²) in [5, 5.41) is 0. The Morgan fingerprint density at radius 2 is 2.18 bits per heavy atom. The van der Waals surface area contributed by atoms with Gasteiger partial charge in [-0.15, -0.1) is 0 Å². The normalized spacial score (nSPS) is 15.5. The summed E-state index contributed by atoms with van der Waals surface area (Å²) < 4.78 is 4.62. The maximum Gasteiger partial charge on any atom is 0.339 e. The van der Waals surface area contributed by atoms with E-state index in [9.17, 15) is 4.79 Å². The minimum Gasteiger partial charge on any atom is -0.446 e. The Labute approximate surface area is 64.8 Å². The molecule has 1 aromatic carbocycles. The highest BCUT2D eigenvalue weighted by Gasteiger charge is 2.17. The summed E-state index contributed by atoms with van der Waals surface area (Å²) in [5.74, 6) is -0.299. The molecule has 0 unspecified atom stereocenters. The van der Waals surface area contributed by atoms with Gasteiger partial charge in [0.1, 0.15) is 0 Å². The van der Waals surface area contributed by atoms with Gasteiger partial charge < -0.3 is 4.74 Å². The maximum absolute atomic E-state index is 11.0. The van der Waals surface area contributed by atoms with E-state index < -0.39 is 0 Å². The molecule has 0 spiro atoms. The number of ether oxygens (including phenoxy) is 1. The van der Waals surface area contributed by atoms with Crippen molar-refractivity contribution in [1.82, 2.24) is 0 Å². The third-order valence-corrected chi connectivity index (χ3v) is 1.66. The van der Waals surface area contributed by atoms with E-state index in [-0.39, 0.29) is 5.97 Å². The lowest BCUT2D eigenvalue weighted by atomic mass is 10.0. The summed E-state index contributed by atoms with van der Waals surface area (Å²) in [6.45, 7) is 2.54. The van der Waals surface area contributed by atoms with Gasteiger partial charge >= 0.3 is 5.97 Å². The number of fused-ring (bicyclic) bond motifs is 1. The fourth-order valence-corrected chi connectivity index (χ4v) is 1.11. The Morgan fingerprint density at radius 3 is 3.00 bits per heavy atom. The quantitative estimate of drug-likeness (QED) is 0.517. The van der Waals surface area contributed by atoms with Crippen LogP contribution in [0, 0.1) is 6.61 Å². The number of esters is 1. The van der Waals surface area contributed by atoms with Gasteiger partial charge in [-0.2, -0.15) is 0 Å². The van der Waals surface area contributed by atoms with Crippen molar-refractivity contribution in [2.75, 3.05) is 0 Å². The first-order valence-electron chi connectivity index (χ1n) is 3.40. The molecule has 2 nitrogen and oxygen atoms in total. The number of cyclic esters (lactones) is 1. The number of carbonyl (C=O) groups is 1. The Balaban J connectivity index is 2.52. The molecule has 0 aliphatic carbocycles. The SMILES string of the molecule is O=C1O[C]Cc2ccccc21. The van der Waals surface area contributed by atoms with Crippen molar-refractivity contribution < 1.29 is 9.53 Å². The molecule has 1 aromatic rings. The molecule has 0 saturated heterocycles. The van der Waals surface area contributed by atoms with Crippen LogP contribution in [-0.2, 0) is 11.2 Å². The summed E-state index contributed by atoms with van der Waals surface area (Å²) in [6, 6.07) is 7.39. The van der Waals surface area contributed by atoms with Gasteiger partial charge in [0.25, 0.3) is 0 Å². The number of rotatable bonds is 0. The molecule has 0 aromatic heterocycles. The van der Waals surface area contributed by atoms with Gasteiger partial charge in [0.05, 0.1) is 5.56 Å². The van der Waals surface area contributed by atoms with Crippen LogP contribution in [0.3, 0.4) is 0 Å². The monoisotopic (exact) mass is 146 g/mol. The lowest BCUT2D eigenvalue weighted by Crippen LogP contribution is -2.13. The zero-order valence-electron chi connectivity index (χ0n) is 5.83. The molecule has 0 amide bonds. The number of benzene rings is 1. The van der Waals surface area contributed by atoms with E-state index in [0.29, 0.717) is 12.0 Å². The summed E-state index contributed by atoms with van der Waals surface area (Å²) in [5.41, 5.74) is 1.65. The van der Waals surface area contributed by atoms with Crippen molar-refractivity contribution >= 4 is 5.97 Å². The van der Waals surface area contributed by atoms with Crippen molar-refractivity contribution in [3.8, 4) is 0 Å². The summed E-state index contributed by atoms with van der Waals surface area (Å²) in [7, 11) is 0. The second-order valence-corrected chi connectivity index (χ2v) is 2.37. The summed E-state index contributed by atoms with van der Waals surface area (Å²) >= 11 is 0.